The summed E-state index contributed by atoms with van der Waals surface area (Å²) in [6, 6.07) is 15.1. The van der Waals surface area contributed by atoms with Gasteiger partial charge in [-0.15, -0.1) is 0 Å². The van der Waals surface area contributed by atoms with Crippen molar-refractivity contribution in [2.24, 2.45) is 0 Å². The fourth-order valence-electron chi connectivity index (χ4n) is 3.76. The van der Waals surface area contributed by atoms with Crippen LogP contribution < -0.4 is 4.72 Å². The molecule has 1 aliphatic heterocycles. The topological polar surface area (TPSA) is 66.5 Å². The van der Waals surface area contributed by atoms with E-state index in [1.165, 1.54) is 5.56 Å². The lowest BCUT2D eigenvalue weighted by Crippen LogP contribution is -2.27. The molecule has 4 rings (SSSR count). The number of sulfonamides is 1. The third-order valence-corrected chi connectivity index (χ3v) is 6.95. The summed E-state index contributed by atoms with van der Waals surface area (Å²) in [5.41, 5.74) is 3.64. The maximum atomic E-state index is 12.7. The number of hydrogen-bond donors (Lipinski definition) is 1. The largest absolute Gasteiger partial charge is 0.339 e. The molecular weight excluding hydrogens is 372 g/mol. The van der Waals surface area contributed by atoms with Gasteiger partial charge in [-0.25, -0.2) is 13.1 Å². The van der Waals surface area contributed by atoms with E-state index < -0.39 is 10.0 Å². The average molecular weight is 397 g/mol. The summed E-state index contributed by atoms with van der Waals surface area (Å²) in [7, 11) is -3.53. The van der Waals surface area contributed by atoms with Crippen LogP contribution in [0.1, 0.15) is 46.3 Å². The number of hydrogen-bond acceptors (Lipinski definition) is 3. The number of nitrogens with zero attached hydrogens (tertiary/aromatic N) is 1. The first-order chi connectivity index (χ1) is 13.5. The van der Waals surface area contributed by atoms with E-state index in [9.17, 15) is 13.2 Å². The van der Waals surface area contributed by atoms with Crippen LogP contribution in [0.3, 0.4) is 0 Å². The van der Waals surface area contributed by atoms with E-state index in [1.54, 1.807) is 18.2 Å². The van der Waals surface area contributed by atoms with Crippen LogP contribution in [-0.2, 0) is 23.0 Å². The number of benzene rings is 2. The lowest BCUT2D eigenvalue weighted by Gasteiger charge is -2.17. The van der Waals surface area contributed by atoms with Crippen molar-refractivity contribution in [2.45, 2.75) is 32.2 Å². The van der Waals surface area contributed by atoms with Gasteiger partial charge in [0.2, 0.25) is 10.0 Å². The zero-order chi connectivity index (χ0) is 19.6. The number of likely N-dealkylation sites (tertiary alicyclic amines) is 1. The highest BCUT2D eigenvalue weighted by Gasteiger charge is 2.22. The lowest BCUT2D eigenvalue weighted by molar-refractivity contribution is 0.0793. The number of aryl methyl sites for hydroxylation is 1. The van der Waals surface area contributed by atoms with Crippen molar-refractivity contribution in [1.82, 2.24) is 9.62 Å². The predicted octanol–water partition coefficient (Wildman–Crippen LogP) is 3.33. The zero-order valence-electron chi connectivity index (χ0n) is 15.7. The van der Waals surface area contributed by atoms with Gasteiger partial charge in [0, 0.05) is 25.2 Å². The maximum Gasteiger partial charge on any atom is 0.253 e. The minimum atomic E-state index is -3.53. The molecule has 2 aromatic rings. The molecule has 2 aliphatic rings. The highest BCUT2D eigenvalue weighted by atomic mass is 32.2. The van der Waals surface area contributed by atoms with E-state index in [0.717, 1.165) is 43.5 Å². The molecular formula is C22H24N2O3S. The van der Waals surface area contributed by atoms with E-state index in [-0.39, 0.29) is 12.5 Å². The minimum Gasteiger partial charge on any atom is -0.339 e. The first-order valence-electron chi connectivity index (χ1n) is 9.69. The van der Waals surface area contributed by atoms with Crippen molar-refractivity contribution in [3.63, 3.8) is 0 Å². The second-order valence-electron chi connectivity index (χ2n) is 7.33. The Kier molecular flexibility index (Phi) is 5.33. The second kappa shape index (κ2) is 7.89. The molecule has 0 radical (unpaired) electrons. The smallest absolute Gasteiger partial charge is 0.253 e. The van der Waals surface area contributed by atoms with Crippen molar-refractivity contribution in [3.05, 3.63) is 75.7 Å². The number of rotatable bonds is 5. The van der Waals surface area contributed by atoms with Gasteiger partial charge < -0.3 is 4.90 Å². The van der Waals surface area contributed by atoms with Gasteiger partial charge in [0.25, 0.3) is 5.91 Å². The third-order valence-electron chi connectivity index (χ3n) is 5.42. The van der Waals surface area contributed by atoms with Gasteiger partial charge in [0.15, 0.2) is 0 Å². The molecule has 6 heteroatoms. The number of carbonyl (C=O) groups is 1. The molecule has 0 saturated carbocycles. The SMILES string of the molecule is O=C(c1ccc(CNS(=O)(=O)C2=Cc3ccccc3CC2)cc1)N1CCCC1. The van der Waals surface area contributed by atoms with Crippen LogP contribution in [-0.4, -0.2) is 32.3 Å². The number of nitrogens with one attached hydrogen (secondary N) is 1. The van der Waals surface area contributed by atoms with Crippen LogP contribution in [0, 0.1) is 0 Å². The summed E-state index contributed by atoms with van der Waals surface area (Å²) in [6.07, 6.45) is 5.13. The van der Waals surface area contributed by atoms with Gasteiger partial charge in [-0.3, -0.25) is 4.79 Å². The summed E-state index contributed by atoms with van der Waals surface area (Å²) in [5.74, 6) is 0.0515. The molecule has 0 aromatic heterocycles. The molecule has 0 spiro atoms. The van der Waals surface area contributed by atoms with Crippen LogP contribution in [0.15, 0.2) is 53.4 Å². The van der Waals surface area contributed by atoms with Crippen LogP contribution in [0.2, 0.25) is 0 Å². The number of amides is 1. The molecule has 1 saturated heterocycles. The van der Waals surface area contributed by atoms with Crippen molar-refractivity contribution in [3.8, 4) is 0 Å². The highest BCUT2D eigenvalue weighted by molar-refractivity contribution is 7.93. The summed E-state index contributed by atoms with van der Waals surface area (Å²) < 4.78 is 28.0. The Labute approximate surface area is 166 Å². The van der Waals surface area contributed by atoms with Crippen molar-refractivity contribution in [2.75, 3.05) is 13.1 Å². The van der Waals surface area contributed by atoms with Crippen LogP contribution in [0.5, 0.6) is 0 Å². The molecule has 0 atom stereocenters. The van der Waals surface area contributed by atoms with E-state index in [1.807, 2.05) is 41.3 Å². The fourth-order valence-corrected chi connectivity index (χ4v) is 4.95. The Morgan fingerprint density at radius 3 is 2.43 bits per heavy atom. The predicted molar refractivity (Wildman–Crippen MR) is 110 cm³/mol. The summed E-state index contributed by atoms with van der Waals surface area (Å²) in [5, 5.41) is 0. The molecule has 1 heterocycles. The standard InChI is InChI=1S/C22H24N2O3S/c25-22(24-13-3-4-14-24)19-9-7-17(8-10-19)16-23-28(26,27)21-12-11-18-5-1-2-6-20(18)15-21/h1-2,5-10,15,23H,3-4,11-14,16H2. The molecule has 0 unspecified atom stereocenters. The van der Waals surface area contributed by atoms with Crippen LogP contribution >= 0.6 is 0 Å². The average Bonchev–Trinajstić information content (AvgIpc) is 3.27. The molecule has 146 valence electrons. The molecule has 0 bridgehead atoms. The van der Waals surface area contributed by atoms with Crippen LogP contribution in [0.4, 0.5) is 0 Å². The minimum absolute atomic E-state index is 0.0515. The van der Waals surface area contributed by atoms with E-state index in [4.69, 9.17) is 0 Å². The summed E-state index contributed by atoms with van der Waals surface area (Å²) >= 11 is 0. The van der Waals surface area contributed by atoms with Crippen molar-refractivity contribution < 1.29 is 13.2 Å². The molecule has 1 aliphatic carbocycles. The molecule has 1 fully saturated rings. The molecule has 2 aromatic carbocycles. The Morgan fingerprint density at radius 1 is 0.964 bits per heavy atom. The van der Waals surface area contributed by atoms with E-state index in [2.05, 4.69) is 4.72 Å². The number of carbonyl (C=O) groups excluding carboxylic acids is 1. The third kappa shape index (κ3) is 4.03. The molecule has 1 amide bonds. The second-order valence-corrected chi connectivity index (χ2v) is 9.15. The molecule has 1 N–H and O–H groups in total. The van der Waals surface area contributed by atoms with Gasteiger partial charge in [-0.1, -0.05) is 36.4 Å². The summed E-state index contributed by atoms with van der Waals surface area (Å²) in [4.78, 5) is 14.7. The number of allylic oxidation sites excluding steroid dienone is 1. The van der Waals surface area contributed by atoms with E-state index in [0.29, 0.717) is 16.9 Å². The molecule has 28 heavy (non-hydrogen) atoms. The van der Waals surface area contributed by atoms with Crippen LogP contribution in [0.25, 0.3) is 6.08 Å². The zero-order valence-corrected chi connectivity index (χ0v) is 16.5. The van der Waals surface area contributed by atoms with Gasteiger partial charge >= 0.3 is 0 Å². The van der Waals surface area contributed by atoms with Crippen molar-refractivity contribution >= 4 is 22.0 Å². The fraction of sp³-hybridized carbons (Fsp3) is 0.318. The highest BCUT2D eigenvalue weighted by Crippen LogP contribution is 2.26. The lowest BCUT2D eigenvalue weighted by atomic mass is 9.98. The van der Waals surface area contributed by atoms with Crippen molar-refractivity contribution in [1.29, 1.82) is 0 Å². The summed E-state index contributed by atoms with van der Waals surface area (Å²) in [6.45, 7) is 1.84. The Balaban J connectivity index is 1.41. The normalized spacial score (nSPS) is 16.6. The first kappa shape index (κ1) is 18.9. The first-order valence-corrected chi connectivity index (χ1v) is 11.2. The van der Waals surface area contributed by atoms with E-state index >= 15 is 0 Å². The maximum absolute atomic E-state index is 12.7. The Bertz CT molecular complexity index is 1000. The Hall–Kier alpha value is -2.44. The Morgan fingerprint density at radius 2 is 1.68 bits per heavy atom. The number of fused-ring (bicyclic) bond motifs is 1. The van der Waals surface area contributed by atoms with Gasteiger partial charge in [0.05, 0.1) is 4.91 Å². The van der Waals surface area contributed by atoms with Gasteiger partial charge in [-0.2, -0.15) is 0 Å². The van der Waals surface area contributed by atoms with Gasteiger partial charge in [-0.05, 0) is 60.6 Å². The monoisotopic (exact) mass is 396 g/mol. The van der Waals surface area contributed by atoms with Gasteiger partial charge in [0.1, 0.15) is 0 Å². The molecule has 5 nitrogen and oxygen atoms in total. The quantitative estimate of drug-likeness (QED) is 0.843.